The van der Waals surface area contributed by atoms with E-state index >= 15 is 0 Å². The van der Waals surface area contributed by atoms with Gasteiger partial charge in [-0.05, 0) is 38.5 Å². The average Bonchev–Trinajstić information content (AvgIpc) is 2.75. The minimum absolute atomic E-state index is 0.0112. The Labute approximate surface area is 125 Å². The first-order valence-corrected chi connectivity index (χ1v) is 7.25. The fourth-order valence-electron chi connectivity index (χ4n) is 1.93. The van der Waals surface area contributed by atoms with Crippen molar-refractivity contribution < 1.29 is 19.1 Å². The first-order valence-electron chi connectivity index (χ1n) is 6.43. The van der Waals surface area contributed by atoms with E-state index in [1.165, 1.54) is 31.3 Å². The predicted molar refractivity (Wildman–Crippen MR) is 80.3 cm³/mol. The van der Waals surface area contributed by atoms with E-state index in [2.05, 4.69) is 5.32 Å². The molecule has 0 aliphatic carbocycles. The van der Waals surface area contributed by atoms with Crippen LogP contribution in [0.3, 0.4) is 0 Å². The van der Waals surface area contributed by atoms with E-state index < -0.39 is 11.4 Å². The van der Waals surface area contributed by atoms with E-state index in [-0.39, 0.29) is 18.3 Å². The molecule has 0 aliphatic rings. The summed E-state index contributed by atoms with van der Waals surface area (Å²) in [7, 11) is 0. The van der Waals surface area contributed by atoms with Gasteiger partial charge in [-0.3, -0.25) is 9.59 Å². The average molecular weight is 309 g/mol. The zero-order chi connectivity index (χ0) is 15.8. The fourth-order valence-corrected chi connectivity index (χ4v) is 3.07. The number of carboxylic acid groups (broad SMARTS) is 1. The number of amides is 1. The van der Waals surface area contributed by atoms with Crippen molar-refractivity contribution in [2.75, 3.05) is 6.54 Å². The number of nitrogens with one attached hydrogen (secondary N) is 1. The van der Waals surface area contributed by atoms with E-state index in [0.29, 0.717) is 20.5 Å². The smallest absolute Gasteiger partial charge is 0.310 e. The molecule has 1 heterocycles. The number of carbonyl (C=O) groups excluding carboxylic acids is 1. The van der Waals surface area contributed by atoms with Crippen molar-refractivity contribution in [3.8, 4) is 0 Å². The number of aliphatic carboxylic acids is 1. The lowest BCUT2D eigenvalue weighted by Gasteiger charge is -2.19. The molecule has 0 atom stereocenters. The molecule has 0 bridgehead atoms. The molecule has 0 aliphatic heterocycles. The van der Waals surface area contributed by atoms with Crippen molar-refractivity contribution in [2.24, 2.45) is 5.41 Å². The quantitative estimate of drug-likeness (QED) is 0.911. The molecule has 2 N–H and O–H groups in total. The van der Waals surface area contributed by atoms with Crippen LogP contribution in [0.1, 0.15) is 29.1 Å². The third-order valence-electron chi connectivity index (χ3n) is 3.38. The third kappa shape index (κ3) is 2.90. The van der Waals surface area contributed by atoms with Gasteiger partial charge in [0.25, 0.3) is 5.91 Å². The molecule has 0 saturated carbocycles. The predicted octanol–water partition coefficient (Wildman–Crippen LogP) is 3.19. The lowest BCUT2D eigenvalue weighted by Crippen LogP contribution is -2.38. The summed E-state index contributed by atoms with van der Waals surface area (Å²) in [6.45, 7) is 4.77. The Kier molecular flexibility index (Phi) is 4.00. The van der Waals surface area contributed by atoms with Crippen LogP contribution >= 0.6 is 11.3 Å². The second-order valence-corrected chi connectivity index (χ2v) is 6.59. The van der Waals surface area contributed by atoms with Crippen LogP contribution in [0.25, 0.3) is 10.1 Å². The van der Waals surface area contributed by atoms with Gasteiger partial charge in [0, 0.05) is 16.6 Å². The van der Waals surface area contributed by atoms with Gasteiger partial charge in [0.05, 0.1) is 10.3 Å². The Morgan fingerprint density at radius 3 is 2.62 bits per heavy atom. The van der Waals surface area contributed by atoms with Gasteiger partial charge in [0.1, 0.15) is 5.82 Å². The summed E-state index contributed by atoms with van der Waals surface area (Å²) in [6, 6.07) is 4.72. The standard InChI is InChI=1S/C15H16FNO3S/c1-8-11-9(16)5-4-6-10(11)21-12(8)13(18)17-7-15(2,3)14(19)20/h4-6H,7H2,1-3H3,(H,17,18)(H,19,20). The number of fused-ring (bicyclic) bond motifs is 1. The first kappa shape index (κ1) is 15.4. The number of aryl methyl sites for hydroxylation is 1. The Hall–Kier alpha value is -1.95. The van der Waals surface area contributed by atoms with Crippen LogP contribution < -0.4 is 5.32 Å². The van der Waals surface area contributed by atoms with Crippen molar-refractivity contribution in [3.05, 3.63) is 34.5 Å². The van der Waals surface area contributed by atoms with Gasteiger partial charge in [-0.1, -0.05) is 6.07 Å². The highest BCUT2D eigenvalue weighted by Gasteiger charge is 2.28. The normalized spacial score (nSPS) is 11.6. The minimum atomic E-state index is -1.05. The van der Waals surface area contributed by atoms with Crippen molar-refractivity contribution >= 4 is 33.3 Å². The highest BCUT2D eigenvalue weighted by atomic mass is 32.1. The molecule has 0 fully saturated rings. The van der Waals surface area contributed by atoms with E-state index in [0.717, 1.165) is 0 Å². The molecule has 2 aromatic rings. The lowest BCUT2D eigenvalue weighted by atomic mass is 9.94. The Balaban J connectivity index is 2.27. The molecule has 6 heteroatoms. The zero-order valence-electron chi connectivity index (χ0n) is 12.0. The number of carboxylic acids is 1. The molecule has 0 unspecified atom stereocenters. The van der Waals surface area contributed by atoms with Gasteiger partial charge in [-0.2, -0.15) is 0 Å². The topological polar surface area (TPSA) is 66.4 Å². The SMILES string of the molecule is Cc1c(C(=O)NCC(C)(C)C(=O)O)sc2cccc(F)c12. The van der Waals surface area contributed by atoms with Gasteiger partial charge in [0.2, 0.25) is 0 Å². The van der Waals surface area contributed by atoms with Gasteiger partial charge in [0.15, 0.2) is 0 Å². The summed E-state index contributed by atoms with van der Waals surface area (Å²) in [5, 5.41) is 12.1. The van der Waals surface area contributed by atoms with Crippen molar-refractivity contribution in [3.63, 3.8) is 0 Å². The van der Waals surface area contributed by atoms with Crippen LogP contribution in [-0.2, 0) is 4.79 Å². The van der Waals surface area contributed by atoms with Crippen molar-refractivity contribution in [1.29, 1.82) is 0 Å². The molecule has 2 rings (SSSR count). The van der Waals surface area contributed by atoms with Crippen molar-refractivity contribution in [2.45, 2.75) is 20.8 Å². The van der Waals surface area contributed by atoms with Crippen LogP contribution in [0.2, 0.25) is 0 Å². The summed E-state index contributed by atoms with van der Waals surface area (Å²) in [6.07, 6.45) is 0. The van der Waals surface area contributed by atoms with Gasteiger partial charge >= 0.3 is 5.97 Å². The highest BCUT2D eigenvalue weighted by Crippen LogP contribution is 2.32. The monoisotopic (exact) mass is 309 g/mol. The lowest BCUT2D eigenvalue weighted by molar-refractivity contribution is -0.146. The van der Waals surface area contributed by atoms with E-state index in [4.69, 9.17) is 5.11 Å². The van der Waals surface area contributed by atoms with Crippen molar-refractivity contribution in [1.82, 2.24) is 5.32 Å². The molecule has 4 nitrogen and oxygen atoms in total. The maximum Gasteiger partial charge on any atom is 0.310 e. The van der Waals surface area contributed by atoms with Gasteiger partial charge in [-0.25, -0.2) is 4.39 Å². The second-order valence-electron chi connectivity index (χ2n) is 5.54. The summed E-state index contributed by atoms with van der Waals surface area (Å²) in [5.74, 6) is -1.71. The Bertz CT molecular complexity index is 721. The number of hydrogen-bond donors (Lipinski definition) is 2. The Morgan fingerprint density at radius 1 is 1.38 bits per heavy atom. The van der Waals surface area contributed by atoms with Crippen LogP contribution in [0, 0.1) is 18.2 Å². The molecule has 21 heavy (non-hydrogen) atoms. The molecular formula is C15H16FNO3S. The summed E-state index contributed by atoms with van der Waals surface area (Å²) >= 11 is 1.21. The highest BCUT2D eigenvalue weighted by molar-refractivity contribution is 7.21. The number of halogens is 1. The van der Waals surface area contributed by atoms with Crippen LogP contribution in [0.15, 0.2) is 18.2 Å². The van der Waals surface area contributed by atoms with E-state index in [9.17, 15) is 14.0 Å². The summed E-state index contributed by atoms with van der Waals surface area (Å²) in [4.78, 5) is 23.6. The number of rotatable bonds is 4. The second kappa shape index (κ2) is 5.44. The van der Waals surface area contributed by atoms with Gasteiger partial charge < -0.3 is 10.4 Å². The number of hydrogen-bond acceptors (Lipinski definition) is 3. The number of carbonyl (C=O) groups is 2. The summed E-state index contributed by atoms with van der Waals surface area (Å²) in [5.41, 5.74) is -0.468. The maximum absolute atomic E-state index is 13.8. The molecular weight excluding hydrogens is 293 g/mol. The molecule has 0 saturated heterocycles. The molecule has 1 aromatic carbocycles. The maximum atomic E-state index is 13.8. The van der Waals surface area contributed by atoms with E-state index in [1.807, 2.05) is 0 Å². The van der Waals surface area contributed by atoms with Crippen LogP contribution in [0.5, 0.6) is 0 Å². The molecule has 0 radical (unpaired) electrons. The molecule has 1 aromatic heterocycles. The van der Waals surface area contributed by atoms with Crippen LogP contribution in [-0.4, -0.2) is 23.5 Å². The summed E-state index contributed by atoms with van der Waals surface area (Å²) < 4.78 is 14.5. The molecule has 112 valence electrons. The largest absolute Gasteiger partial charge is 0.481 e. The van der Waals surface area contributed by atoms with Crippen LogP contribution in [0.4, 0.5) is 4.39 Å². The first-order chi connectivity index (χ1) is 9.74. The number of benzene rings is 1. The van der Waals surface area contributed by atoms with E-state index in [1.54, 1.807) is 19.1 Å². The Morgan fingerprint density at radius 2 is 2.05 bits per heavy atom. The number of thiophene rings is 1. The fraction of sp³-hybridized carbons (Fsp3) is 0.333. The minimum Gasteiger partial charge on any atom is -0.481 e. The third-order valence-corrected chi connectivity index (χ3v) is 4.63. The zero-order valence-corrected chi connectivity index (χ0v) is 12.8. The van der Waals surface area contributed by atoms with Gasteiger partial charge in [-0.15, -0.1) is 11.3 Å². The molecule has 1 amide bonds. The molecule has 0 spiro atoms.